The Bertz CT molecular complexity index is 383. The van der Waals surface area contributed by atoms with Crippen molar-refractivity contribution in [2.45, 2.75) is 52.4 Å². The van der Waals surface area contributed by atoms with Gasteiger partial charge in [-0.05, 0) is 37.2 Å². The van der Waals surface area contributed by atoms with Gasteiger partial charge in [0, 0.05) is 13.1 Å². The average molecular weight is 261 g/mol. The van der Waals surface area contributed by atoms with Gasteiger partial charge in [0.2, 0.25) is 0 Å². The third kappa shape index (κ3) is 3.85. The molecule has 0 saturated heterocycles. The van der Waals surface area contributed by atoms with Crippen molar-refractivity contribution in [3.05, 3.63) is 18.5 Å². The number of hydrogen-bond donors (Lipinski definition) is 2. The number of nitrogens with zero attached hydrogens (tertiary/aromatic N) is 1. The molecule has 2 N–H and O–H groups in total. The third-order valence-corrected chi connectivity index (χ3v) is 4.40. The summed E-state index contributed by atoms with van der Waals surface area (Å²) in [7, 11) is 0. The molecule has 1 fully saturated rings. The van der Waals surface area contributed by atoms with Crippen LogP contribution in [-0.4, -0.2) is 18.1 Å². The molecule has 0 bridgehead atoms. The van der Waals surface area contributed by atoms with E-state index in [1.165, 1.54) is 32.1 Å². The summed E-state index contributed by atoms with van der Waals surface area (Å²) in [4.78, 5) is 4.31. The zero-order chi connectivity index (χ0) is 13.6. The zero-order valence-corrected chi connectivity index (χ0v) is 12.3. The number of pyridine rings is 1. The fourth-order valence-corrected chi connectivity index (χ4v) is 2.97. The first-order chi connectivity index (χ1) is 9.28. The van der Waals surface area contributed by atoms with Gasteiger partial charge in [-0.1, -0.05) is 26.7 Å². The molecule has 3 nitrogen and oxygen atoms in total. The normalized spacial score (nSPS) is 17.4. The van der Waals surface area contributed by atoms with Gasteiger partial charge in [0.1, 0.15) is 0 Å². The smallest absolute Gasteiger partial charge is 0.0547 e. The molecule has 1 aromatic heterocycles. The second-order valence-electron chi connectivity index (χ2n) is 5.80. The number of rotatable bonds is 7. The fraction of sp³-hybridized carbons (Fsp3) is 0.688. The zero-order valence-electron chi connectivity index (χ0n) is 12.3. The molecule has 2 rings (SSSR count). The van der Waals surface area contributed by atoms with Crippen molar-refractivity contribution >= 4 is 11.4 Å². The van der Waals surface area contributed by atoms with Crippen LogP contribution >= 0.6 is 0 Å². The highest BCUT2D eigenvalue weighted by atomic mass is 14.9. The molecule has 0 spiro atoms. The van der Waals surface area contributed by atoms with Crippen LogP contribution in [0.3, 0.4) is 0 Å². The van der Waals surface area contributed by atoms with Crippen LogP contribution in [0.5, 0.6) is 0 Å². The number of nitrogens with one attached hydrogen (secondary N) is 2. The predicted molar refractivity (Wildman–Crippen MR) is 82.7 cm³/mol. The van der Waals surface area contributed by atoms with Crippen LogP contribution in [-0.2, 0) is 0 Å². The van der Waals surface area contributed by atoms with Gasteiger partial charge in [0.25, 0.3) is 0 Å². The molecule has 0 amide bonds. The number of aromatic nitrogens is 1. The summed E-state index contributed by atoms with van der Waals surface area (Å²) in [6.07, 6.45) is 11.8. The first-order valence-electron chi connectivity index (χ1n) is 7.71. The largest absolute Gasteiger partial charge is 0.384 e. The van der Waals surface area contributed by atoms with Gasteiger partial charge in [0.15, 0.2) is 0 Å². The third-order valence-electron chi connectivity index (χ3n) is 4.40. The molecule has 1 aromatic rings. The Morgan fingerprint density at radius 2 is 1.79 bits per heavy atom. The minimum absolute atomic E-state index is 0.521. The van der Waals surface area contributed by atoms with Gasteiger partial charge in [0.05, 0.1) is 23.8 Å². The molecule has 19 heavy (non-hydrogen) atoms. The highest BCUT2D eigenvalue weighted by Crippen LogP contribution is 2.40. The Balaban J connectivity index is 1.91. The van der Waals surface area contributed by atoms with Crippen molar-refractivity contribution in [2.24, 2.45) is 5.41 Å². The van der Waals surface area contributed by atoms with Crippen LogP contribution in [0.1, 0.15) is 52.4 Å². The van der Waals surface area contributed by atoms with Crippen molar-refractivity contribution in [3.8, 4) is 0 Å². The molecule has 0 unspecified atom stereocenters. The lowest BCUT2D eigenvalue weighted by Crippen LogP contribution is -2.25. The highest BCUT2D eigenvalue weighted by molar-refractivity contribution is 5.54. The molecule has 1 saturated carbocycles. The maximum absolute atomic E-state index is 4.31. The summed E-state index contributed by atoms with van der Waals surface area (Å²) in [5.74, 6) is 0. The molecule has 1 heterocycles. The maximum atomic E-state index is 4.31. The van der Waals surface area contributed by atoms with Crippen LogP contribution < -0.4 is 10.6 Å². The lowest BCUT2D eigenvalue weighted by Gasteiger charge is -2.28. The molecule has 1 aliphatic rings. The summed E-state index contributed by atoms with van der Waals surface area (Å²) in [6, 6.07) is 2.17. The van der Waals surface area contributed by atoms with Gasteiger partial charge in [-0.15, -0.1) is 0 Å². The van der Waals surface area contributed by atoms with E-state index in [-0.39, 0.29) is 0 Å². The Kier molecular flexibility index (Phi) is 5.06. The van der Waals surface area contributed by atoms with E-state index >= 15 is 0 Å². The molecule has 0 radical (unpaired) electrons. The van der Waals surface area contributed by atoms with Crippen LogP contribution in [0.2, 0.25) is 0 Å². The van der Waals surface area contributed by atoms with Crippen LogP contribution in [0, 0.1) is 5.41 Å². The van der Waals surface area contributed by atoms with Crippen LogP contribution in [0.25, 0.3) is 0 Å². The van der Waals surface area contributed by atoms with Crippen molar-refractivity contribution in [1.29, 1.82) is 0 Å². The Morgan fingerprint density at radius 1 is 1.11 bits per heavy atom. The van der Waals surface area contributed by atoms with Gasteiger partial charge < -0.3 is 10.6 Å². The molecular formula is C16H27N3. The average Bonchev–Trinajstić information content (AvgIpc) is 2.93. The van der Waals surface area contributed by atoms with Crippen LogP contribution in [0.15, 0.2) is 18.5 Å². The molecule has 106 valence electrons. The van der Waals surface area contributed by atoms with E-state index in [0.29, 0.717) is 5.41 Å². The monoisotopic (exact) mass is 261 g/mol. The second-order valence-corrected chi connectivity index (χ2v) is 5.80. The summed E-state index contributed by atoms with van der Waals surface area (Å²) in [5, 5.41) is 6.98. The number of hydrogen-bond acceptors (Lipinski definition) is 3. The van der Waals surface area contributed by atoms with E-state index < -0.39 is 0 Å². The minimum Gasteiger partial charge on any atom is -0.384 e. The van der Waals surface area contributed by atoms with Crippen molar-refractivity contribution in [2.75, 3.05) is 23.7 Å². The summed E-state index contributed by atoms with van der Waals surface area (Å²) >= 11 is 0. The van der Waals surface area contributed by atoms with E-state index in [1.54, 1.807) is 0 Å². The fourth-order valence-electron chi connectivity index (χ4n) is 2.97. The molecule has 1 aliphatic carbocycles. The number of anilines is 2. The van der Waals surface area contributed by atoms with Gasteiger partial charge in [-0.2, -0.15) is 0 Å². The summed E-state index contributed by atoms with van der Waals surface area (Å²) in [5.41, 5.74) is 2.77. The molecule has 0 aliphatic heterocycles. The maximum Gasteiger partial charge on any atom is 0.0547 e. The minimum atomic E-state index is 0.521. The van der Waals surface area contributed by atoms with Crippen molar-refractivity contribution < 1.29 is 0 Å². The lowest BCUT2D eigenvalue weighted by atomic mass is 9.83. The molecular weight excluding hydrogens is 234 g/mol. The SMILES string of the molecule is CCCNc1cncc(NCC2(CC)CCCC2)c1. The van der Waals surface area contributed by atoms with E-state index in [1.807, 2.05) is 12.4 Å². The van der Waals surface area contributed by atoms with E-state index in [4.69, 9.17) is 0 Å². The van der Waals surface area contributed by atoms with Crippen molar-refractivity contribution in [3.63, 3.8) is 0 Å². The Labute approximate surface area is 117 Å². The summed E-state index contributed by atoms with van der Waals surface area (Å²) in [6.45, 7) is 6.59. The molecule has 3 heteroatoms. The molecule has 0 atom stereocenters. The van der Waals surface area contributed by atoms with E-state index in [9.17, 15) is 0 Å². The van der Waals surface area contributed by atoms with Gasteiger partial charge in [-0.25, -0.2) is 0 Å². The van der Waals surface area contributed by atoms with Crippen molar-refractivity contribution in [1.82, 2.24) is 4.98 Å². The summed E-state index contributed by atoms with van der Waals surface area (Å²) < 4.78 is 0. The lowest BCUT2D eigenvalue weighted by molar-refractivity contribution is 0.307. The topological polar surface area (TPSA) is 37.0 Å². The molecule has 0 aromatic carbocycles. The van der Waals surface area contributed by atoms with E-state index in [0.717, 1.165) is 30.9 Å². The van der Waals surface area contributed by atoms with E-state index in [2.05, 4.69) is 35.5 Å². The standard InChI is InChI=1S/C16H27N3/c1-3-9-18-14-10-15(12-17-11-14)19-13-16(4-2)7-5-6-8-16/h10-12,18-19H,3-9,13H2,1-2H3. The predicted octanol–water partition coefficient (Wildman–Crippen LogP) is 4.29. The quantitative estimate of drug-likeness (QED) is 0.769. The Hall–Kier alpha value is -1.25. The Morgan fingerprint density at radius 3 is 2.42 bits per heavy atom. The first-order valence-corrected chi connectivity index (χ1v) is 7.71. The highest BCUT2D eigenvalue weighted by Gasteiger charge is 2.31. The second kappa shape index (κ2) is 6.78. The van der Waals surface area contributed by atoms with Gasteiger partial charge >= 0.3 is 0 Å². The first kappa shape index (κ1) is 14.2. The van der Waals surface area contributed by atoms with Gasteiger partial charge in [-0.3, -0.25) is 4.98 Å². The van der Waals surface area contributed by atoms with Crippen LogP contribution in [0.4, 0.5) is 11.4 Å².